The van der Waals surface area contributed by atoms with Crippen molar-refractivity contribution in [3.63, 3.8) is 0 Å². The molecule has 1 amide bonds. The predicted octanol–water partition coefficient (Wildman–Crippen LogP) is 3.75. The monoisotopic (exact) mass is 249 g/mol. The van der Waals surface area contributed by atoms with E-state index in [1.54, 1.807) is 0 Å². The van der Waals surface area contributed by atoms with E-state index in [-0.39, 0.29) is 11.1 Å². The third-order valence-electron chi connectivity index (χ3n) is 2.48. The number of furan rings is 1. The summed E-state index contributed by atoms with van der Waals surface area (Å²) in [4.78, 5) is 11.8. The molecule has 2 rings (SSSR count). The number of anilines is 1. The molecule has 3 nitrogen and oxygen atoms in total. The average Bonchev–Trinajstić information content (AvgIpc) is 2.76. The first-order chi connectivity index (χ1) is 8.20. The summed E-state index contributed by atoms with van der Waals surface area (Å²) >= 11 is 5.72. The Hall–Kier alpha value is -1.74. The third-order valence-corrected chi connectivity index (χ3v) is 2.78. The molecule has 2 aromatic rings. The van der Waals surface area contributed by atoms with Crippen molar-refractivity contribution in [2.45, 2.75) is 13.3 Å². The van der Waals surface area contributed by atoms with Crippen molar-refractivity contribution >= 4 is 23.2 Å². The van der Waals surface area contributed by atoms with Gasteiger partial charge in [0.2, 0.25) is 5.22 Å². The zero-order chi connectivity index (χ0) is 12.3. The molecule has 0 spiro atoms. The lowest BCUT2D eigenvalue weighted by molar-refractivity contribution is 0.102. The summed E-state index contributed by atoms with van der Waals surface area (Å²) in [6, 6.07) is 9.23. The number of hydrogen-bond donors (Lipinski definition) is 1. The second-order valence-corrected chi connectivity index (χ2v) is 3.96. The van der Waals surface area contributed by atoms with Crippen molar-refractivity contribution in [2.75, 3.05) is 5.32 Å². The van der Waals surface area contributed by atoms with Crippen molar-refractivity contribution in [2.24, 2.45) is 0 Å². The number of rotatable bonds is 3. The summed E-state index contributed by atoms with van der Waals surface area (Å²) in [5.41, 5.74) is 2.31. The molecule has 0 saturated heterocycles. The molecule has 1 heterocycles. The SMILES string of the molecule is CCc1ccc(NC(=O)c2ccoc2Cl)cc1. The fourth-order valence-electron chi connectivity index (χ4n) is 1.48. The number of halogens is 1. The Morgan fingerprint density at radius 3 is 2.53 bits per heavy atom. The van der Waals surface area contributed by atoms with Crippen molar-refractivity contribution < 1.29 is 9.21 Å². The van der Waals surface area contributed by atoms with Gasteiger partial charge in [0.1, 0.15) is 0 Å². The van der Waals surface area contributed by atoms with Gasteiger partial charge < -0.3 is 9.73 Å². The van der Waals surface area contributed by atoms with Gasteiger partial charge in [0.05, 0.1) is 11.8 Å². The van der Waals surface area contributed by atoms with E-state index in [0.29, 0.717) is 5.56 Å². The Morgan fingerprint density at radius 2 is 2.00 bits per heavy atom. The van der Waals surface area contributed by atoms with E-state index in [1.807, 2.05) is 24.3 Å². The van der Waals surface area contributed by atoms with Gasteiger partial charge in [-0.2, -0.15) is 0 Å². The fraction of sp³-hybridized carbons (Fsp3) is 0.154. The fourth-order valence-corrected chi connectivity index (χ4v) is 1.68. The molecule has 0 aliphatic heterocycles. The highest BCUT2D eigenvalue weighted by Gasteiger charge is 2.12. The van der Waals surface area contributed by atoms with Gasteiger partial charge in [0.25, 0.3) is 5.91 Å². The highest BCUT2D eigenvalue weighted by atomic mass is 35.5. The Morgan fingerprint density at radius 1 is 1.29 bits per heavy atom. The summed E-state index contributed by atoms with van der Waals surface area (Å²) in [6.45, 7) is 2.08. The van der Waals surface area contributed by atoms with E-state index >= 15 is 0 Å². The number of hydrogen-bond acceptors (Lipinski definition) is 2. The number of carbonyl (C=O) groups excluding carboxylic acids is 1. The summed E-state index contributed by atoms with van der Waals surface area (Å²) < 4.78 is 4.86. The van der Waals surface area contributed by atoms with Crippen LogP contribution in [0.5, 0.6) is 0 Å². The number of aryl methyl sites for hydroxylation is 1. The Bertz CT molecular complexity index is 516. The van der Waals surface area contributed by atoms with Crippen LogP contribution >= 0.6 is 11.6 Å². The lowest BCUT2D eigenvalue weighted by atomic mass is 10.1. The summed E-state index contributed by atoms with van der Waals surface area (Å²) in [7, 11) is 0. The molecule has 1 N–H and O–H groups in total. The van der Waals surface area contributed by atoms with Gasteiger partial charge in [0.15, 0.2) is 0 Å². The minimum atomic E-state index is -0.270. The van der Waals surface area contributed by atoms with E-state index in [9.17, 15) is 4.79 Å². The molecule has 0 radical (unpaired) electrons. The number of amides is 1. The van der Waals surface area contributed by atoms with Gasteiger partial charge in [-0.1, -0.05) is 19.1 Å². The van der Waals surface area contributed by atoms with Crippen LogP contribution in [0.2, 0.25) is 5.22 Å². The van der Waals surface area contributed by atoms with Crippen LogP contribution in [0.15, 0.2) is 41.0 Å². The van der Waals surface area contributed by atoms with Crippen LogP contribution in [-0.2, 0) is 6.42 Å². The maximum absolute atomic E-state index is 11.8. The summed E-state index contributed by atoms with van der Waals surface area (Å²) in [5.74, 6) is -0.270. The van der Waals surface area contributed by atoms with Gasteiger partial charge in [-0.15, -0.1) is 0 Å². The molecule has 0 atom stereocenters. The molecule has 0 bridgehead atoms. The molecular weight excluding hydrogens is 238 g/mol. The second kappa shape index (κ2) is 5.06. The summed E-state index contributed by atoms with van der Waals surface area (Å²) in [6.07, 6.45) is 2.36. The van der Waals surface area contributed by atoms with Crippen LogP contribution < -0.4 is 5.32 Å². The minimum absolute atomic E-state index is 0.104. The average molecular weight is 250 g/mol. The maximum atomic E-state index is 11.8. The van der Waals surface area contributed by atoms with Crippen molar-refractivity contribution in [1.82, 2.24) is 0 Å². The first kappa shape index (κ1) is 11.7. The summed E-state index contributed by atoms with van der Waals surface area (Å²) in [5, 5.41) is 2.86. The standard InChI is InChI=1S/C13H12ClNO2/c1-2-9-3-5-10(6-4-9)15-13(16)11-7-8-17-12(11)14/h3-8H,2H2,1H3,(H,15,16). The van der Waals surface area contributed by atoms with E-state index in [0.717, 1.165) is 12.1 Å². The van der Waals surface area contributed by atoms with Crippen LogP contribution in [0.3, 0.4) is 0 Å². The smallest absolute Gasteiger partial charge is 0.260 e. The molecule has 1 aromatic heterocycles. The van der Waals surface area contributed by atoms with Gasteiger partial charge >= 0.3 is 0 Å². The number of benzene rings is 1. The van der Waals surface area contributed by atoms with E-state index in [4.69, 9.17) is 16.0 Å². The van der Waals surface area contributed by atoms with Crippen LogP contribution in [0.1, 0.15) is 22.8 Å². The molecule has 4 heteroatoms. The van der Waals surface area contributed by atoms with Crippen molar-refractivity contribution in [1.29, 1.82) is 0 Å². The normalized spacial score (nSPS) is 10.2. The van der Waals surface area contributed by atoms with Crippen LogP contribution in [0, 0.1) is 0 Å². The molecule has 0 unspecified atom stereocenters. The Balaban J connectivity index is 2.10. The number of nitrogens with one attached hydrogen (secondary N) is 1. The van der Waals surface area contributed by atoms with Gasteiger partial charge in [-0.05, 0) is 41.8 Å². The molecule has 88 valence electrons. The zero-order valence-corrected chi connectivity index (χ0v) is 10.1. The highest BCUT2D eigenvalue weighted by Crippen LogP contribution is 2.18. The first-order valence-corrected chi connectivity index (χ1v) is 5.71. The predicted molar refractivity (Wildman–Crippen MR) is 67.5 cm³/mol. The lowest BCUT2D eigenvalue weighted by Crippen LogP contribution is -2.11. The van der Waals surface area contributed by atoms with E-state index < -0.39 is 0 Å². The van der Waals surface area contributed by atoms with Crippen molar-refractivity contribution in [3.8, 4) is 0 Å². The Labute approximate surface area is 104 Å². The van der Waals surface area contributed by atoms with E-state index in [2.05, 4.69) is 12.2 Å². The highest BCUT2D eigenvalue weighted by molar-refractivity contribution is 6.32. The van der Waals surface area contributed by atoms with Crippen molar-refractivity contribution in [3.05, 3.63) is 52.9 Å². The Kier molecular flexibility index (Phi) is 3.49. The first-order valence-electron chi connectivity index (χ1n) is 5.34. The molecule has 0 aliphatic rings. The van der Waals surface area contributed by atoms with Gasteiger partial charge in [-0.3, -0.25) is 4.79 Å². The topological polar surface area (TPSA) is 42.2 Å². The third kappa shape index (κ3) is 2.68. The quantitative estimate of drug-likeness (QED) is 0.900. The second-order valence-electron chi connectivity index (χ2n) is 3.61. The largest absolute Gasteiger partial charge is 0.452 e. The lowest BCUT2D eigenvalue weighted by Gasteiger charge is -2.04. The molecule has 17 heavy (non-hydrogen) atoms. The van der Waals surface area contributed by atoms with E-state index in [1.165, 1.54) is 17.9 Å². The molecule has 1 aromatic carbocycles. The molecule has 0 saturated carbocycles. The minimum Gasteiger partial charge on any atom is -0.452 e. The molecular formula is C13H12ClNO2. The van der Waals surface area contributed by atoms with Gasteiger partial charge in [-0.25, -0.2) is 0 Å². The van der Waals surface area contributed by atoms with Crippen LogP contribution in [0.25, 0.3) is 0 Å². The van der Waals surface area contributed by atoms with Crippen LogP contribution in [0.4, 0.5) is 5.69 Å². The molecule has 0 fully saturated rings. The maximum Gasteiger partial charge on any atom is 0.260 e. The number of carbonyl (C=O) groups is 1. The zero-order valence-electron chi connectivity index (χ0n) is 9.37. The molecule has 0 aliphatic carbocycles. The van der Waals surface area contributed by atoms with Crippen LogP contribution in [-0.4, -0.2) is 5.91 Å². The van der Waals surface area contributed by atoms with Gasteiger partial charge in [0, 0.05) is 5.69 Å².